The fourth-order valence-corrected chi connectivity index (χ4v) is 1.95. The molecule has 1 rings (SSSR count). The molecule has 0 amide bonds. The number of morpholine rings is 1. The lowest BCUT2D eigenvalue weighted by Crippen LogP contribution is -2.49. The zero-order valence-corrected chi connectivity index (χ0v) is 8.89. The summed E-state index contributed by atoms with van der Waals surface area (Å²) in [6.07, 6.45) is 1.58. The summed E-state index contributed by atoms with van der Waals surface area (Å²) in [5, 5.41) is 0. The normalized spacial score (nSPS) is 32.2. The number of thiol groups is 1. The first-order valence-corrected chi connectivity index (χ1v) is 5.37. The van der Waals surface area contributed by atoms with E-state index in [1.165, 1.54) is 6.42 Å². The first kappa shape index (κ1) is 10.4. The van der Waals surface area contributed by atoms with Crippen molar-refractivity contribution in [3.8, 4) is 0 Å². The summed E-state index contributed by atoms with van der Waals surface area (Å²) in [6.45, 7) is 7.41. The van der Waals surface area contributed by atoms with Crippen LogP contribution in [-0.4, -0.2) is 42.5 Å². The predicted molar refractivity (Wildman–Crippen MR) is 54.9 cm³/mol. The maximum atomic E-state index is 5.59. The summed E-state index contributed by atoms with van der Waals surface area (Å²) in [6, 6.07) is 0.619. The van der Waals surface area contributed by atoms with E-state index in [0.29, 0.717) is 12.1 Å². The van der Waals surface area contributed by atoms with Gasteiger partial charge in [-0.1, -0.05) is 6.92 Å². The van der Waals surface area contributed by atoms with Gasteiger partial charge in [-0.2, -0.15) is 12.6 Å². The second-order valence-electron chi connectivity index (χ2n) is 3.42. The van der Waals surface area contributed by atoms with E-state index in [4.69, 9.17) is 4.74 Å². The molecular weight excluding hydrogens is 170 g/mol. The van der Waals surface area contributed by atoms with Gasteiger partial charge in [0.15, 0.2) is 0 Å². The van der Waals surface area contributed by atoms with E-state index in [2.05, 4.69) is 31.4 Å². The minimum absolute atomic E-state index is 0.396. The molecule has 0 saturated carbocycles. The highest BCUT2D eigenvalue weighted by atomic mass is 32.1. The molecule has 0 aliphatic carbocycles. The summed E-state index contributed by atoms with van der Waals surface area (Å²) in [4.78, 5) is 2.49. The Bertz CT molecular complexity index is 132. The Morgan fingerprint density at radius 1 is 1.58 bits per heavy atom. The van der Waals surface area contributed by atoms with Crippen LogP contribution in [0.1, 0.15) is 20.3 Å². The van der Waals surface area contributed by atoms with Gasteiger partial charge in [0.1, 0.15) is 0 Å². The van der Waals surface area contributed by atoms with Gasteiger partial charge in [-0.15, -0.1) is 0 Å². The van der Waals surface area contributed by atoms with Gasteiger partial charge in [-0.05, 0) is 13.3 Å². The van der Waals surface area contributed by atoms with Crippen molar-refractivity contribution in [1.82, 2.24) is 4.90 Å². The molecular formula is C9H19NOS. The first-order chi connectivity index (χ1) is 5.77. The van der Waals surface area contributed by atoms with Crippen molar-refractivity contribution in [2.75, 3.05) is 25.4 Å². The Kier molecular flexibility index (Phi) is 4.40. The van der Waals surface area contributed by atoms with Crippen LogP contribution in [0.4, 0.5) is 0 Å². The highest BCUT2D eigenvalue weighted by molar-refractivity contribution is 7.80. The Balaban J connectivity index is 2.40. The molecule has 0 aromatic heterocycles. The molecule has 1 fully saturated rings. The monoisotopic (exact) mass is 189 g/mol. The molecule has 2 atom stereocenters. The summed E-state index contributed by atoms with van der Waals surface area (Å²) >= 11 is 4.26. The highest BCUT2D eigenvalue weighted by Crippen LogP contribution is 2.13. The number of nitrogens with zero attached hydrogens (tertiary/aromatic N) is 1. The molecule has 0 aromatic rings. The number of rotatable bonds is 3. The van der Waals surface area contributed by atoms with Gasteiger partial charge < -0.3 is 4.74 Å². The van der Waals surface area contributed by atoms with Gasteiger partial charge in [-0.3, -0.25) is 4.90 Å². The third kappa shape index (κ3) is 2.64. The van der Waals surface area contributed by atoms with E-state index >= 15 is 0 Å². The van der Waals surface area contributed by atoms with Crippen LogP contribution in [0.25, 0.3) is 0 Å². The Labute approximate surface area is 80.7 Å². The van der Waals surface area contributed by atoms with Gasteiger partial charge in [-0.25, -0.2) is 0 Å². The number of ether oxygens (including phenoxy) is 1. The molecule has 0 bridgehead atoms. The van der Waals surface area contributed by atoms with E-state index in [1.54, 1.807) is 0 Å². The molecule has 1 aliphatic rings. The van der Waals surface area contributed by atoms with Gasteiger partial charge in [0.25, 0.3) is 0 Å². The van der Waals surface area contributed by atoms with Crippen molar-refractivity contribution in [1.29, 1.82) is 0 Å². The van der Waals surface area contributed by atoms with Crippen LogP contribution in [0.15, 0.2) is 0 Å². The molecule has 1 saturated heterocycles. The number of hydrogen-bond acceptors (Lipinski definition) is 3. The van der Waals surface area contributed by atoms with Crippen molar-refractivity contribution in [3.05, 3.63) is 0 Å². The van der Waals surface area contributed by atoms with Crippen LogP contribution >= 0.6 is 12.6 Å². The second kappa shape index (κ2) is 5.10. The Morgan fingerprint density at radius 3 is 2.92 bits per heavy atom. The van der Waals surface area contributed by atoms with E-state index in [0.717, 1.165) is 25.4 Å². The standard InChI is InChI=1S/C9H19NOS/c1-3-9-7-11-8(2)6-10(9)4-5-12/h8-9,12H,3-7H2,1-2H3. The molecule has 0 spiro atoms. The lowest BCUT2D eigenvalue weighted by Gasteiger charge is -2.37. The van der Waals surface area contributed by atoms with E-state index in [9.17, 15) is 0 Å². The van der Waals surface area contributed by atoms with Crippen molar-refractivity contribution in [2.24, 2.45) is 0 Å². The van der Waals surface area contributed by atoms with Crippen molar-refractivity contribution in [3.63, 3.8) is 0 Å². The van der Waals surface area contributed by atoms with Crippen LogP contribution in [-0.2, 0) is 4.74 Å². The minimum Gasteiger partial charge on any atom is -0.376 e. The SMILES string of the molecule is CCC1COC(C)CN1CCS. The lowest BCUT2D eigenvalue weighted by molar-refractivity contribution is -0.0532. The van der Waals surface area contributed by atoms with Gasteiger partial charge in [0, 0.05) is 24.9 Å². The van der Waals surface area contributed by atoms with Crippen molar-refractivity contribution in [2.45, 2.75) is 32.4 Å². The number of hydrogen-bond donors (Lipinski definition) is 1. The molecule has 0 radical (unpaired) electrons. The molecule has 2 nitrogen and oxygen atoms in total. The molecule has 1 heterocycles. The fourth-order valence-electron chi connectivity index (χ4n) is 1.69. The summed E-state index contributed by atoms with van der Waals surface area (Å²) < 4.78 is 5.59. The van der Waals surface area contributed by atoms with Crippen LogP contribution in [0.2, 0.25) is 0 Å². The van der Waals surface area contributed by atoms with Gasteiger partial charge >= 0.3 is 0 Å². The highest BCUT2D eigenvalue weighted by Gasteiger charge is 2.24. The molecule has 12 heavy (non-hydrogen) atoms. The second-order valence-corrected chi connectivity index (χ2v) is 3.87. The fraction of sp³-hybridized carbons (Fsp3) is 1.00. The van der Waals surface area contributed by atoms with Crippen LogP contribution in [0, 0.1) is 0 Å². The van der Waals surface area contributed by atoms with Gasteiger partial charge in [0.2, 0.25) is 0 Å². The molecule has 1 aliphatic heterocycles. The zero-order valence-electron chi connectivity index (χ0n) is 7.99. The summed E-state index contributed by atoms with van der Waals surface area (Å²) in [5.74, 6) is 0.948. The topological polar surface area (TPSA) is 12.5 Å². The third-order valence-corrected chi connectivity index (χ3v) is 2.64. The zero-order chi connectivity index (χ0) is 8.97. The lowest BCUT2D eigenvalue weighted by atomic mass is 10.1. The quantitative estimate of drug-likeness (QED) is 0.674. The predicted octanol–water partition coefficient (Wildman–Crippen LogP) is 1.42. The van der Waals surface area contributed by atoms with E-state index < -0.39 is 0 Å². The molecule has 2 unspecified atom stereocenters. The summed E-state index contributed by atoms with van der Waals surface area (Å²) in [7, 11) is 0. The van der Waals surface area contributed by atoms with Crippen molar-refractivity contribution >= 4 is 12.6 Å². The maximum Gasteiger partial charge on any atom is 0.0674 e. The maximum absolute atomic E-state index is 5.59. The van der Waals surface area contributed by atoms with E-state index in [-0.39, 0.29) is 0 Å². The molecule has 0 aromatic carbocycles. The minimum atomic E-state index is 0.396. The largest absolute Gasteiger partial charge is 0.376 e. The average Bonchev–Trinajstić information content (AvgIpc) is 2.05. The Hall–Kier alpha value is 0.270. The Morgan fingerprint density at radius 2 is 2.33 bits per heavy atom. The molecule has 72 valence electrons. The van der Waals surface area contributed by atoms with Crippen LogP contribution in [0.3, 0.4) is 0 Å². The third-order valence-electron chi connectivity index (χ3n) is 2.44. The average molecular weight is 189 g/mol. The first-order valence-electron chi connectivity index (χ1n) is 4.74. The van der Waals surface area contributed by atoms with Crippen LogP contribution < -0.4 is 0 Å². The van der Waals surface area contributed by atoms with Crippen LogP contribution in [0.5, 0.6) is 0 Å². The smallest absolute Gasteiger partial charge is 0.0674 e. The summed E-state index contributed by atoms with van der Waals surface area (Å²) in [5.41, 5.74) is 0. The van der Waals surface area contributed by atoms with Crippen molar-refractivity contribution < 1.29 is 4.74 Å². The van der Waals surface area contributed by atoms with Gasteiger partial charge in [0.05, 0.1) is 12.7 Å². The molecule has 3 heteroatoms. The molecule has 0 N–H and O–H groups in total. The van der Waals surface area contributed by atoms with E-state index in [1.807, 2.05) is 0 Å².